The van der Waals surface area contributed by atoms with Crippen LogP contribution in [0.3, 0.4) is 0 Å². The molecule has 7 nitrogen and oxygen atoms in total. The predicted octanol–water partition coefficient (Wildman–Crippen LogP) is 0.498. The lowest BCUT2D eigenvalue weighted by Crippen LogP contribution is -2.33. The van der Waals surface area contributed by atoms with Crippen LogP contribution in [-0.4, -0.2) is 47.7 Å². The van der Waals surface area contributed by atoms with Crippen molar-refractivity contribution in [3.8, 4) is 0 Å². The van der Waals surface area contributed by atoms with E-state index in [4.69, 9.17) is 9.47 Å². The molecule has 0 spiro atoms. The van der Waals surface area contributed by atoms with Gasteiger partial charge < -0.3 is 9.47 Å². The molecular weight excluding hydrogens is 246 g/mol. The molecule has 2 aromatic rings. The number of rotatable bonds is 7. The Morgan fingerprint density at radius 2 is 1.95 bits per heavy atom. The molecule has 7 heteroatoms. The Balaban J connectivity index is 2.12. The number of tetrazole rings is 1. The van der Waals surface area contributed by atoms with Crippen LogP contribution in [-0.2, 0) is 9.47 Å². The van der Waals surface area contributed by atoms with Gasteiger partial charge in [-0.2, -0.15) is 5.21 Å². The van der Waals surface area contributed by atoms with Gasteiger partial charge in [-0.3, -0.25) is 5.32 Å². The minimum atomic E-state index is -0.321. The van der Waals surface area contributed by atoms with Crippen molar-refractivity contribution in [1.29, 1.82) is 0 Å². The average Bonchev–Trinajstić information content (AvgIpc) is 2.99. The summed E-state index contributed by atoms with van der Waals surface area (Å²) in [5.41, 5.74) is 1.05. The van der Waals surface area contributed by atoms with Crippen LogP contribution in [0.4, 0.5) is 0 Å². The van der Waals surface area contributed by atoms with Crippen LogP contribution in [0.1, 0.15) is 17.4 Å². The number of hydrogen-bond donors (Lipinski definition) is 2. The first-order chi connectivity index (χ1) is 9.35. The second-order valence-corrected chi connectivity index (χ2v) is 3.92. The van der Waals surface area contributed by atoms with Crippen molar-refractivity contribution in [2.24, 2.45) is 0 Å². The standard InChI is InChI=1S/C12H17N5O2/c1-18-10(19-2)8-13-11(12-14-16-17-15-12)9-6-4-3-5-7-9/h3-7,10-11,13H,8H2,1-2H3,(H,14,15,16,17). The SMILES string of the molecule is COC(CNC(c1ccccc1)c1nn[nH]n1)OC. The zero-order valence-electron chi connectivity index (χ0n) is 10.9. The van der Waals surface area contributed by atoms with E-state index in [-0.39, 0.29) is 12.3 Å². The summed E-state index contributed by atoms with van der Waals surface area (Å²) in [6, 6.07) is 9.74. The molecule has 19 heavy (non-hydrogen) atoms. The Kier molecular flexibility index (Phi) is 4.96. The van der Waals surface area contributed by atoms with Crippen molar-refractivity contribution < 1.29 is 9.47 Å². The van der Waals surface area contributed by atoms with E-state index in [1.54, 1.807) is 14.2 Å². The first-order valence-electron chi connectivity index (χ1n) is 5.92. The largest absolute Gasteiger partial charge is 0.355 e. The molecule has 2 N–H and O–H groups in total. The third kappa shape index (κ3) is 3.57. The van der Waals surface area contributed by atoms with Crippen molar-refractivity contribution >= 4 is 0 Å². The Labute approximate surface area is 111 Å². The van der Waals surface area contributed by atoms with Crippen LogP contribution in [0.25, 0.3) is 0 Å². The molecular formula is C12H17N5O2. The number of ether oxygens (including phenoxy) is 2. The molecule has 1 atom stereocenters. The highest BCUT2D eigenvalue weighted by Crippen LogP contribution is 2.17. The van der Waals surface area contributed by atoms with E-state index in [2.05, 4.69) is 25.9 Å². The van der Waals surface area contributed by atoms with Crippen molar-refractivity contribution in [2.45, 2.75) is 12.3 Å². The third-order valence-corrected chi connectivity index (χ3v) is 2.77. The highest BCUT2D eigenvalue weighted by molar-refractivity contribution is 5.23. The lowest BCUT2D eigenvalue weighted by molar-refractivity contribution is -0.0995. The minimum absolute atomic E-state index is 0.159. The molecule has 0 aliphatic carbocycles. The summed E-state index contributed by atoms with van der Waals surface area (Å²) in [6.07, 6.45) is -0.321. The molecule has 0 aliphatic rings. The van der Waals surface area contributed by atoms with Gasteiger partial charge in [-0.25, -0.2) is 0 Å². The number of aromatic nitrogens is 4. The summed E-state index contributed by atoms with van der Waals surface area (Å²) in [5.74, 6) is 0.581. The molecule has 1 heterocycles. The second kappa shape index (κ2) is 6.93. The van der Waals surface area contributed by atoms with Gasteiger partial charge in [0.25, 0.3) is 0 Å². The number of aromatic amines is 1. The number of hydrogen-bond acceptors (Lipinski definition) is 6. The zero-order chi connectivity index (χ0) is 13.5. The third-order valence-electron chi connectivity index (χ3n) is 2.77. The molecule has 1 unspecified atom stereocenters. The van der Waals surface area contributed by atoms with Crippen LogP contribution in [0.5, 0.6) is 0 Å². The Bertz CT molecular complexity index is 458. The summed E-state index contributed by atoms with van der Waals surface area (Å²) in [5, 5.41) is 17.4. The Morgan fingerprint density at radius 1 is 1.21 bits per heavy atom. The Morgan fingerprint density at radius 3 is 2.53 bits per heavy atom. The van der Waals surface area contributed by atoms with E-state index >= 15 is 0 Å². The molecule has 0 amide bonds. The Hall–Kier alpha value is -1.83. The minimum Gasteiger partial charge on any atom is -0.355 e. The van der Waals surface area contributed by atoms with Gasteiger partial charge in [0.1, 0.15) is 0 Å². The topological polar surface area (TPSA) is 85.0 Å². The van der Waals surface area contributed by atoms with Crippen LogP contribution in [0, 0.1) is 0 Å². The zero-order valence-corrected chi connectivity index (χ0v) is 10.9. The molecule has 2 rings (SSSR count). The summed E-state index contributed by atoms with van der Waals surface area (Å²) < 4.78 is 10.3. The van der Waals surface area contributed by atoms with Gasteiger partial charge >= 0.3 is 0 Å². The van der Waals surface area contributed by atoms with E-state index in [1.807, 2.05) is 30.3 Å². The maximum atomic E-state index is 5.15. The first-order valence-corrected chi connectivity index (χ1v) is 5.92. The predicted molar refractivity (Wildman–Crippen MR) is 68.3 cm³/mol. The molecule has 1 aromatic carbocycles. The van der Waals surface area contributed by atoms with Gasteiger partial charge in [-0.1, -0.05) is 35.5 Å². The lowest BCUT2D eigenvalue weighted by atomic mass is 10.1. The number of benzene rings is 1. The van der Waals surface area contributed by atoms with Crippen molar-refractivity contribution in [3.63, 3.8) is 0 Å². The van der Waals surface area contributed by atoms with Crippen molar-refractivity contribution in [2.75, 3.05) is 20.8 Å². The molecule has 0 bridgehead atoms. The summed E-state index contributed by atoms with van der Waals surface area (Å²) >= 11 is 0. The summed E-state index contributed by atoms with van der Waals surface area (Å²) in [6.45, 7) is 0.515. The molecule has 0 saturated carbocycles. The van der Waals surface area contributed by atoms with Gasteiger partial charge in [0, 0.05) is 20.8 Å². The quantitative estimate of drug-likeness (QED) is 0.707. The monoisotopic (exact) mass is 263 g/mol. The van der Waals surface area contributed by atoms with Gasteiger partial charge in [0.15, 0.2) is 12.1 Å². The summed E-state index contributed by atoms with van der Waals surface area (Å²) in [7, 11) is 3.20. The van der Waals surface area contributed by atoms with E-state index < -0.39 is 0 Å². The van der Waals surface area contributed by atoms with Gasteiger partial charge in [0.2, 0.25) is 0 Å². The highest BCUT2D eigenvalue weighted by atomic mass is 16.7. The van der Waals surface area contributed by atoms with Crippen LogP contribution >= 0.6 is 0 Å². The fourth-order valence-corrected chi connectivity index (χ4v) is 1.77. The van der Waals surface area contributed by atoms with Gasteiger partial charge in [-0.05, 0) is 5.56 Å². The summed E-state index contributed by atoms with van der Waals surface area (Å²) in [4.78, 5) is 0. The maximum absolute atomic E-state index is 5.15. The molecule has 1 aromatic heterocycles. The van der Waals surface area contributed by atoms with Gasteiger partial charge in [-0.15, -0.1) is 10.2 Å². The fraction of sp³-hybridized carbons (Fsp3) is 0.417. The van der Waals surface area contributed by atoms with E-state index in [0.717, 1.165) is 5.56 Å². The van der Waals surface area contributed by atoms with Crippen molar-refractivity contribution in [1.82, 2.24) is 25.9 Å². The van der Waals surface area contributed by atoms with Crippen LogP contribution < -0.4 is 5.32 Å². The fourth-order valence-electron chi connectivity index (χ4n) is 1.77. The second-order valence-electron chi connectivity index (χ2n) is 3.92. The normalized spacial score (nSPS) is 12.8. The smallest absolute Gasteiger partial charge is 0.195 e. The van der Waals surface area contributed by atoms with E-state index in [1.165, 1.54) is 0 Å². The van der Waals surface area contributed by atoms with E-state index in [0.29, 0.717) is 12.4 Å². The van der Waals surface area contributed by atoms with Crippen LogP contribution in [0.15, 0.2) is 30.3 Å². The van der Waals surface area contributed by atoms with E-state index in [9.17, 15) is 0 Å². The molecule has 102 valence electrons. The lowest BCUT2D eigenvalue weighted by Gasteiger charge is -2.19. The molecule has 0 aliphatic heterocycles. The molecule has 0 radical (unpaired) electrons. The number of nitrogens with zero attached hydrogens (tertiary/aromatic N) is 3. The number of nitrogens with one attached hydrogen (secondary N) is 2. The van der Waals surface area contributed by atoms with Crippen LogP contribution in [0.2, 0.25) is 0 Å². The van der Waals surface area contributed by atoms with Crippen molar-refractivity contribution in [3.05, 3.63) is 41.7 Å². The maximum Gasteiger partial charge on any atom is 0.195 e. The molecule has 0 saturated heterocycles. The highest BCUT2D eigenvalue weighted by Gasteiger charge is 2.19. The number of methoxy groups -OCH3 is 2. The average molecular weight is 263 g/mol. The number of H-pyrrole nitrogens is 1. The van der Waals surface area contributed by atoms with Gasteiger partial charge in [0.05, 0.1) is 6.04 Å². The first kappa shape index (κ1) is 13.6. The molecule has 0 fully saturated rings.